The van der Waals surface area contributed by atoms with Crippen molar-refractivity contribution in [3.05, 3.63) is 23.5 Å². The van der Waals surface area contributed by atoms with Gasteiger partial charge in [0.15, 0.2) is 9.84 Å². The summed E-state index contributed by atoms with van der Waals surface area (Å²) in [6.45, 7) is 5.61. The van der Waals surface area contributed by atoms with Gasteiger partial charge in [-0.15, -0.1) is 0 Å². The van der Waals surface area contributed by atoms with Gasteiger partial charge >= 0.3 is 6.09 Å². The van der Waals surface area contributed by atoms with Crippen LogP contribution in [-0.4, -0.2) is 59.4 Å². The molecule has 4 rings (SSSR count). The lowest BCUT2D eigenvalue weighted by Crippen LogP contribution is -2.51. The molecule has 10 heteroatoms. The molecular weight excluding hydrogens is 440 g/mol. The first-order chi connectivity index (χ1) is 14.4. The number of piperidine rings is 1. The molecular formula is C21H27ClN4O4S. The van der Waals surface area contributed by atoms with Crippen LogP contribution >= 0.6 is 11.6 Å². The van der Waals surface area contributed by atoms with Gasteiger partial charge in [0, 0.05) is 42.0 Å². The Morgan fingerprint density at radius 1 is 1.23 bits per heavy atom. The van der Waals surface area contributed by atoms with Crippen molar-refractivity contribution in [3.8, 4) is 0 Å². The molecule has 1 N–H and O–H groups in total. The van der Waals surface area contributed by atoms with E-state index in [0.717, 1.165) is 31.9 Å². The van der Waals surface area contributed by atoms with Crippen molar-refractivity contribution in [1.29, 1.82) is 0 Å². The molecule has 2 aliphatic rings. The quantitative estimate of drug-likeness (QED) is 0.681. The Morgan fingerprint density at radius 2 is 1.87 bits per heavy atom. The van der Waals surface area contributed by atoms with E-state index in [1.54, 1.807) is 12.1 Å². The third-order valence-corrected chi connectivity index (χ3v) is 7.00. The minimum atomic E-state index is -3.40. The number of carbonyl (C=O) groups is 1. The van der Waals surface area contributed by atoms with Gasteiger partial charge in [0.2, 0.25) is 0 Å². The summed E-state index contributed by atoms with van der Waals surface area (Å²) in [5.41, 5.74) is 0.0450. The van der Waals surface area contributed by atoms with Crippen molar-refractivity contribution in [2.45, 2.75) is 75.1 Å². The number of rotatable bonds is 3. The molecule has 0 spiro atoms. The molecule has 0 unspecified atom stereocenters. The van der Waals surface area contributed by atoms with Gasteiger partial charge in [0.25, 0.3) is 0 Å². The van der Waals surface area contributed by atoms with E-state index < -0.39 is 15.4 Å². The van der Waals surface area contributed by atoms with Gasteiger partial charge in [-0.1, -0.05) is 11.6 Å². The maximum atomic E-state index is 12.7. The van der Waals surface area contributed by atoms with Crippen molar-refractivity contribution >= 4 is 44.3 Å². The van der Waals surface area contributed by atoms with Gasteiger partial charge in [-0.25, -0.2) is 18.2 Å². The Balaban J connectivity index is 1.58. The van der Waals surface area contributed by atoms with Crippen LogP contribution in [-0.2, 0) is 14.6 Å². The lowest BCUT2D eigenvalue weighted by molar-refractivity contribution is 0.00683. The van der Waals surface area contributed by atoms with Crippen molar-refractivity contribution in [2.24, 2.45) is 0 Å². The van der Waals surface area contributed by atoms with Crippen LogP contribution in [0.3, 0.4) is 0 Å². The van der Waals surface area contributed by atoms with E-state index in [4.69, 9.17) is 16.3 Å². The average Bonchev–Trinajstić information content (AvgIpc) is 2.90. The van der Waals surface area contributed by atoms with Gasteiger partial charge < -0.3 is 15.0 Å². The summed E-state index contributed by atoms with van der Waals surface area (Å²) in [4.78, 5) is 23.4. The Kier molecular flexibility index (Phi) is 5.54. The predicted octanol–water partition coefficient (Wildman–Crippen LogP) is 4.03. The van der Waals surface area contributed by atoms with Gasteiger partial charge in [-0.3, -0.25) is 4.98 Å². The maximum Gasteiger partial charge on any atom is 0.410 e. The van der Waals surface area contributed by atoms with Crippen LogP contribution in [0.1, 0.15) is 46.5 Å². The Morgan fingerprint density at radius 3 is 2.45 bits per heavy atom. The Labute approximate surface area is 187 Å². The highest BCUT2D eigenvalue weighted by molar-refractivity contribution is 7.90. The molecule has 2 aromatic heterocycles. The monoisotopic (exact) mass is 466 g/mol. The van der Waals surface area contributed by atoms with E-state index in [-0.39, 0.29) is 34.3 Å². The molecule has 3 atom stereocenters. The minimum Gasteiger partial charge on any atom is -0.444 e. The van der Waals surface area contributed by atoms with Crippen LogP contribution in [0.25, 0.3) is 10.9 Å². The molecule has 4 heterocycles. The van der Waals surface area contributed by atoms with Gasteiger partial charge in [-0.2, -0.15) is 0 Å². The summed E-state index contributed by atoms with van der Waals surface area (Å²) in [7, 11) is -3.40. The van der Waals surface area contributed by atoms with Gasteiger partial charge in [-0.05, 0) is 52.5 Å². The van der Waals surface area contributed by atoms with Crippen LogP contribution in [0.5, 0.6) is 0 Å². The van der Waals surface area contributed by atoms with Crippen LogP contribution < -0.4 is 5.32 Å². The topological polar surface area (TPSA) is 101 Å². The minimum absolute atomic E-state index is 0.0762. The number of fused-ring (bicyclic) bond motifs is 3. The summed E-state index contributed by atoms with van der Waals surface area (Å²) in [6, 6.07) is 3.46. The fraction of sp³-hybridized carbons (Fsp3) is 0.571. The number of halogens is 1. The number of sulfone groups is 1. The van der Waals surface area contributed by atoms with Crippen LogP contribution in [0.15, 0.2) is 23.2 Å². The van der Waals surface area contributed by atoms with E-state index in [1.807, 2.05) is 25.7 Å². The number of nitrogens with zero attached hydrogens (tertiary/aromatic N) is 3. The highest BCUT2D eigenvalue weighted by Crippen LogP contribution is 2.38. The van der Waals surface area contributed by atoms with Crippen LogP contribution in [0.4, 0.5) is 10.6 Å². The summed E-state index contributed by atoms with van der Waals surface area (Å²) in [6.07, 6.45) is 5.60. The number of anilines is 1. The number of aromatic nitrogens is 2. The number of hydrogen-bond donors (Lipinski definition) is 1. The van der Waals surface area contributed by atoms with E-state index in [9.17, 15) is 13.2 Å². The van der Waals surface area contributed by atoms with Crippen molar-refractivity contribution in [2.75, 3.05) is 11.6 Å². The summed E-state index contributed by atoms with van der Waals surface area (Å²) in [5.74, 6) is 0.510. The molecule has 1 amide bonds. The first-order valence-electron chi connectivity index (χ1n) is 10.3. The Bertz CT molecular complexity index is 1120. The van der Waals surface area contributed by atoms with Crippen molar-refractivity contribution in [1.82, 2.24) is 14.9 Å². The lowest BCUT2D eigenvalue weighted by atomic mass is 9.97. The van der Waals surface area contributed by atoms with Gasteiger partial charge in [0.1, 0.15) is 16.6 Å². The first kappa shape index (κ1) is 22.1. The molecule has 0 radical (unpaired) electrons. The highest BCUT2D eigenvalue weighted by atomic mass is 35.5. The molecule has 0 aliphatic carbocycles. The van der Waals surface area contributed by atoms with E-state index in [2.05, 4.69) is 15.3 Å². The molecule has 2 bridgehead atoms. The molecule has 2 aliphatic heterocycles. The number of nitrogens with one attached hydrogen (secondary N) is 1. The highest BCUT2D eigenvalue weighted by Gasteiger charge is 2.45. The zero-order valence-electron chi connectivity index (χ0n) is 18.1. The largest absolute Gasteiger partial charge is 0.444 e. The smallest absolute Gasteiger partial charge is 0.410 e. The summed E-state index contributed by atoms with van der Waals surface area (Å²) < 4.78 is 29.6. The normalized spacial score (nSPS) is 23.8. The second-order valence-electron chi connectivity index (χ2n) is 9.39. The number of hydrogen-bond acceptors (Lipinski definition) is 7. The number of pyridine rings is 2. The SMILES string of the molecule is CC(C)(C)OC(=O)N1[C@@H]2CC[C@H]1C[C@@H](Nc1nc(Cl)cc3ncc(S(C)(=O)=O)cc13)C2. The van der Waals surface area contributed by atoms with E-state index >= 15 is 0 Å². The second kappa shape index (κ2) is 7.78. The number of amides is 1. The molecule has 0 saturated carbocycles. The maximum absolute atomic E-state index is 12.7. The zero-order valence-corrected chi connectivity index (χ0v) is 19.6. The molecule has 168 valence electrons. The van der Waals surface area contributed by atoms with Crippen molar-refractivity contribution in [3.63, 3.8) is 0 Å². The summed E-state index contributed by atoms with van der Waals surface area (Å²) in [5, 5.41) is 4.33. The molecule has 2 fully saturated rings. The molecule has 8 nitrogen and oxygen atoms in total. The fourth-order valence-corrected chi connectivity index (χ4v) is 5.25. The predicted molar refractivity (Wildman–Crippen MR) is 119 cm³/mol. The van der Waals surface area contributed by atoms with Crippen LogP contribution in [0, 0.1) is 0 Å². The van der Waals surface area contributed by atoms with E-state index in [1.165, 1.54) is 6.20 Å². The standard InChI is InChI=1S/C21H27ClN4O4S/c1-21(2,3)30-20(27)26-13-5-6-14(26)8-12(7-13)24-19-16-9-15(31(4,28)29)11-23-17(16)10-18(22)25-19/h9-14H,5-8H2,1-4H3,(H,24,25)/t12-,13+,14-. The third-order valence-electron chi connectivity index (χ3n) is 5.73. The Hall–Kier alpha value is -2.13. The van der Waals surface area contributed by atoms with Crippen molar-refractivity contribution < 1.29 is 17.9 Å². The molecule has 2 saturated heterocycles. The lowest BCUT2D eigenvalue weighted by Gasteiger charge is -2.39. The zero-order chi connectivity index (χ0) is 22.6. The first-order valence-corrected chi connectivity index (χ1v) is 12.6. The van der Waals surface area contributed by atoms with Crippen LogP contribution in [0.2, 0.25) is 5.15 Å². The second-order valence-corrected chi connectivity index (χ2v) is 11.8. The molecule has 31 heavy (non-hydrogen) atoms. The third kappa shape index (κ3) is 4.72. The molecule has 2 aromatic rings. The average molecular weight is 467 g/mol. The molecule has 0 aromatic carbocycles. The number of ether oxygens (including phenoxy) is 1. The fourth-order valence-electron chi connectivity index (χ4n) is 4.49. The van der Waals surface area contributed by atoms with Gasteiger partial charge in [0.05, 0.1) is 10.4 Å². The number of carbonyl (C=O) groups excluding carboxylic acids is 1. The summed E-state index contributed by atoms with van der Waals surface area (Å²) >= 11 is 6.19. The van der Waals surface area contributed by atoms with E-state index in [0.29, 0.717) is 16.7 Å².